The lowest BCUT2D eigenvalue weighted by molar-refractivity contribution is -0.732. The van der Waals surface area contributed by atoms with Crippen molar-refractivity contribution in [3.63, 3.8) is 0 Å². The summed E-state index contributed by atoms with van der Waals surface area (Å²) in [6.07, 6.45) is 6.08. The van der Waals surface area contributed by atoms with Crippen molar-refractivity contribution in [3.8, 4) is 0 Å². The third-order valence-electron chi connectivity index (χ3n) is 1.70. The van der Waals surface area contributed by atoms with E-state index in [1.54, 1.807) is 0 Å². The zero-order valence-electron chi connectivity index (χ0n) is 7.87. The van der Waals surface area contributed by atoms with E-state index >= 15 is 0 Å². The highest BCUT2D eigenvalue weighted by Gasteiger charge is 1.99. The number of aromatic nitrogens is 1. The highest BCUT2D eigenvalue weighted by molar-refractivity contribution is 6.30. The van der Waals surface area contributed by atoms with E-state index in [2.05, 4.69) is 6.92 Å². The Kier molecular flexibility index (Phi) is 4.79. The van der Waals surface area contributed by atoms with E-state index in [1.165, 1.54) is 6.42 Å². The summed E-state index contributed by atoms with van der Waals surface area (Å²) in [5, 5.41) is 0.738. The van der Waals surface area contributed by atoms with Gasteiger partial charge in [0.2, 0.25) is 0 Å². The summed E-state index contributed by atoms with van der Waals surface area (Å²) in [4.78, 5) is 0. The molecule has 0 spiro atoms. The van der Waals surface area contributed by atoms with Crippen molar-refractivity contribution in [2.45, 2.75) is 26.5 Å². The van der Waals surface area contributed by atoms with E-state index in [4.69, 9.17) is 16.3 Å². The first kappa shape index (κ1) is 10.5. The lowest BCUT2D eigenvalue weighted by Gasteiger charge is -1.98. The second kappa shape index (κ2) is 5.95. The van der Waals surface area contributed by atoms with Crippen molar-refractivity contribution >= 4 is 11.6 Å². The van der Waals surface area contributed by atoms with Crippen LogP contribution in [0.2, 0.25) is 5.02 Å². The number of hydrogen-bond acceptors (Lipinski definition) is 1. The molecule has 1 aromatic heterocycles. The maximum Gasteiger partial charge on any atom is 0.252 e. The summed E-state index contributed by atoms with van der Waals surface area (Å²) in [6, 6.07) is 3.76. The molecule has 1 rings (SSSR count). The number of hydrogen-bond donors (Lipinski definition) is 0. The molecule has 0 fully saturated rings. The van der Waals surface area contributed by atoms with Crippen LogP contribution in [0.15, 0.2) is 24.5 Å². The number of pyridine rings is 1. The molecule has 0 radical (unpaired) electrons. The molecule has 0 amide bonds. The molecule has 0 aromatic carbocycles. The lowest BCUT2D eigenvalue weighted by atomic mass is 10.4. The van der Waals surface area contributed by atoms with Crippen molar-refractivity contribution in [1.29, 1.82) is 0 Å². The van der Waals surface area contributed by atoms with Gasteiger partial charge in [0.15, 0.2) is 12.4 Å². The molecule has 1 heterocycles. The van der Waals surface area contributed by atoms with E-state index in [-0.39, 0.29) is 0 Å². The molecule has 2 nitrogen and oxygen atoms in total. The normalized spacial score (nSPS) is 10.3. The van der Waals surface area contributed by atoms with E-state index < -0.39 is 0 Å². The van der Waals surface area contributed by atoms with Gasteiger partial charge in [-0.05, 0) is 12.5 Å². The van der Waals surface area contributed by atoms with Crippen LogP contribution in [-0.4, -0.2) is 6.61 Å². The van der Waals surface area contributed by atoms with Gasteiger partial charge in [0.05, 0.1) is 6.61 Å². The Morgan fingerprint density at radius 3 is 3.08 bits per heavy atom. The van der Waals surface area contributed by atoms with Gasteiger partial charge in [-0.25, -0.2) is 0 Å². The second-order valence-corrected chi connectivity index (χ2v) is 3.36. The summed E-state index contributed by atoms with van der Waals surface area (Å²) in [5.41, 5.74) is 0. The number of halogens is 1. The van der Waals surface area contributed by atoms with Crippen molar-refractivity contribution in [2.75, 3.05) is 6.61 Å². The maximum atomic E-state index is 5.81. The predicted octanol–water partition coefficient (Wildman–Crippen LogP) is 2.40. The summed E-state index contributed by atoms with van der Waals surface area (Å²) in [5.74, 6) is 0. The van der Waals surface area contributed by atoms with E-state index in [0.29, 0.717) is 6.73 Å². The van der Waals surface area contributed by atoms with Crippen LogP contribution >= 0.6 is 11.6 Å². The summed E-state index contributed by atoms with van der Waals surface area (Å²) in [7, 11) is 0. The molecule has 0 saturated heterocycles. The fraction of sp³-hybridized carbons (Fsp3) is 0.500. The Labute approximate surface area is 84.1 Å². The van der Waals surface area contributed by atoms with Gasteiger partial charge < -0.3 is 4.74 Å². The first-order valence-electron chi connectivity index (χ1n) is 4.55. The van der Waals surface area contributed by atoms with Crippen LogP contribution in [0.25, 0.3) is 0 Å². The SMILES string of the molecule is CCCCOC[n+]1cccc(Cl)c1. The third kappa shape index (κ3) is 4.25. The number of unbranched alkanes of at least 4 members (excludes halogenated alkanes) is 1. The van der Waals surface area contributed by atoms with Crippen LogP contribution in [0.5, 0.6) is 0 Å². The monoisotopic (exact) mass is 200 g/mol. The minimum atomic E-state index is 0.584. The molecular formula is C10H15ClNO+. The Bertz CT molecular complexity index is 252. The summed E-state index contributed by atoms with van der Waals surface area (Å²) >= 11 is 5.81. The molecule has 3 heteroatoms. The first-order valence-corrected chi connectivity index (χ1v) is 4.93. The minimum Gasteiger partial charge on any atom is -0.323 e. The first-order chi connectivity index (χ1) is 6.33. The fourth-order valence-electron chi connectivity index (χ4n) is 0.987. The molecule has 0 unspecified atom stereocenters. The van der Waals surface area contributed by atoms with Crippen LogP contribution in [0.4, 0.5) is 0 Å². The zero-order chi connectivity index (χ0) is 9.52. The van der Waals surface area contributed by atoms with Crippen LogP contribution in [-0.2, 0) is 11.5 Å². The third-order valence-corrected chi connectivity index (χ3v) is 1.93. The topological polar surface area (TPSA) is 13.1 Å². The van der Waals surface area contributed by atoms with Crippen molar-refractivity contribution in [1.82, 2.24) is 0 Å². The standard InChI is InChI=1S/C10H15ClNO/c1-2-3-7-13-9-12-6-4-5-10(11)8-12/h4-6,8H,2-3,7,9H2,1H3/q+1. The summed E-state index contributed by atoms with van der Waals surface area (Å²) in [6.45, 7) is 3.55. The van der Waals surface area contributed by atoms with Gasteiger partial charge in [-0.1, -0.05) is 24.9 Å². The van der Waals surface area contributed by atoms with Crippen molar-refractivity contribution in [3.05, 3.63) is 29.5 Å². The van der Waals surface area contributed by atoms with Crippen LogP contribution < -0.4 is 4.57 Å². The molecule has 0 aliphatic carbocycles. The van der Waals surface area contributed by atoms with Crippen molar-refractivity contribution in [2.24, 2.45) is 0 Å². The Morgan fingerprint density at radius 1 is 1.54 bits per heavy atom. The van der Waals surface area contributed by atoms with E-state index in [9.17, 15) is 0 Å². The fourth-order valence-corrected chi connectivity index (χ4v) is 1.18. The maximum absolute atomic E-state index is 5.81. The van der Waals surface area contributed by atoms with Gasteiger partial charge in [0.1, 0.15) is 5.02 Å². The number of rotatable bonds is 5. The molecule has 0 atom stereocenters. The molecule has 0 bridgehead atoms. The largest absolute Gasteiger partial charge is 0.323 e. The Morgan fingerprint density at radius 2 is 2.38 bits per heavy atom. The predicted molar refractivity (Wildman–Crippen MR) is 52.5 cm³/mol. The van der Waals surface area contributed by atoms with Crippen molar-refractivity contribution < 1.29 is 9.30 Å². The zero-order valence-corrected chi connectivity index (χ0v) is 8.63. The van der Waals surface area contributed by atoms with E-state index in [1.807, 2.05) is 29.1 Å². The number of nitrogens with zero attached hydrogens (tertiary/aromatic N) is 1. The molecule has 1 aromatic rings. The quantitative estimate of drug-likeness (QED) is 0.526. The highest BCUT2D eigenvalue weighted by Crippen LogP contribution is 2.01. The van der Waals surface area contributed by atoms with Gasteiger partial charge in [-0.15, -0.1) is 0 Å². The van der Waals surface area contributed by atoms with Crippen LogP contribution in [0.1, 0.15) is 19.8 Å². The number of ether oxygens (including phenoxy) is 1. The van der Waals surface area contributed by atoms with Crippen LogP contribution in [0.3, 0.4) is 0 Å². The minimum absolute atomic E-state index is 0.584. The lowest BCUT2D eigenvalue weighted by Crippen LogP contribution is -2.34. The Hall–Kier alpha value is -0.600. The van der Waals surface area contributed by atoms with Gasteiger partial charge in [0.25, 0.3) is 6.73 Å². The molecule has 0 aliphatic heterocycles. The van der Waals surface area contributed by atoms with Gasteiger partial charge >= 0.3 is 0 Å². The van der Waals surface area contributed by atoms with E-state index in [0.717, 1.165) is 18.1 Å². The van der Waals surface area contributed by atoms with Gasteiger partial charge in [-0.3, -0.25) is 0 Å². The highest BCUT2D eigenvalue weighted by atomic mass is 35.5. The summed E-state index contributed by atoms with van der Waals surface area (Å²) < 4.78 is 7.35. The molecule has 72 valence electrons. The second-order valence-electron chi connectivity index (χ2n) is 2.93. The average Bonchev–Trinajstić information content (AvgIpc) is 2.13. The molecular weight excluding hydrogens is 186 g/mol. The molecule has 0 N–H and O–H groups in total. The average molecular weight is 201 g/mol. The molecule has 0 saturated carbocycles. The Balaban J connectivity index is 2.28. The van der Waals surface area contributed by atoms with Crippen LogP contribution in [0, 0.1) is 0 Å². The smallest absolute Gasteiger partial charge is 0.252 e. The molecule has 0 aliphatic rings. The van der Waals surface area contributed by atoms with Gasteiger partial charge in [0, 0.05) is 6.07 Å². The van der Waals surface area contributed by atoms with Gasteiger partial charge in [-0.2, -0.15) is 4.57 Å². The molecule has 13 heavy (non-hydrogen) atoms.